The molecule has 2 N–H and O–H groups in total. The second kappa shape index (κ2) is 12.4. The number of anilines is 1. The van der Waals surface area contributed by atoms with Gasteiger partial charge in [-0.25, -0.2) is 9.79 Å². The van der Waals surface area contributed by atoms with Crippen LogP contribution in [-0.4, -0.2) is 28.2 Å². The van der Waals surface area contributed by atoms with Crippen LogP contribution in [0.25, 0.3) is 17.4 Å². The fraction of sp³-hybridized carbons (Fsp3) is 0.118. The summed E-state index contributed by atoms with van der Waals surface area (Å²) in [5.74, 6) is 0.0532. The van der Waals surface area contributed by atoms with Gasteiger partial charge in [0.1, 0.15) is 17.3 Å². The number of thiazole rings is 1. The van der Waals surface area contributed by atoms with Crippen LogP contribution in [0.1, 0.15) is 41.6 Å². The molecule has 5 aromatic rings. The number of hydrogen-bond donors (Lipinski definition) is 2. The number of aromatic nitrogens is 1. The lowest BCUT2D eigenvalue weighted by atomic mass is 9.95. The van der Waals surface area contributed by atoms with Crippen LogP contribution in [0.15, 0.2) is 110 Å². The Kier molecular flexibility index (Phi) is 8.25. The maximum Gasteiger partial charge on any atom is 0.337 e. The van der Waals surface area contributed by atoms with Crippen molar-refractivity contribution in [2.75, 3.05) is 11.9 Å². The van der Waals surface area contributed by atoms with Crippen molar-refractivity contribution in [3.63, 3.8) is 0 Å². The molecule has 0 radical (unpaired) electrons. The van der Waals surface area contributed by atoms with E-state index in [1.165, 1.54) is 28.0 Å². The van der Waals surface area contributed by atoms with Crippen molar-refractivity contribution in [1.82, 2.24) is 4.57 Å². The standard InChI is InChI=1S/C34H26ClN3O6S/c1-3-43-23-12-9-20(10-13-23)30-29(31(39)37-22-7-5-4-6-8-22)19(2)36-34-38(30)32(40)28(45-34)18-24-14-16-27(44-24)21-11-15-25(33(41)42)26(35)17-21/h4-18,30H,3H2,1-2H3,(H,37,39)(H,41,42)/b28-18-/t30-/m0/s1. The number of carbonyl (C=O) groups excluding carboxylic acids is 1. The molecule has 3 heterocycles. The van der Waals surface area contributed by atoms with Gasteiger partial charge in [0.2, 0.25) is 0 Å². The molecule has 6 rings (SSSR count). The Labute approximate surface area is 266 Å². The Morgan fingerprint density at radius 1 is 1.09 bits per heavy atom. The number of nitrogens with zero attached hydrogens (tertiary/aromatic N) is 2. The summed E-state index contributed by atoms with van der Waals surface area (Å²) in [4.78, 5) is 44.2. The molecule has 1 amide bonds. The molecule has 0 aliphatic carbocycles. The first-order valence-electron chi connectivity index (χ1n) is 14.0. The summed E-state index contributed by atoms with van der Waals surface area (Å²) in [5.41, 5.74) is 2.44. The number of benzene rings is 3. The fourth-order valence-electron chi connectivity index (χ4n) is 5.12. The SMILES string of the molecule is CCOc1ccc([C@H]2C(C(=O)Nc3ccccc3)=C(C)N=c3s/c(=C\c4ccc(-c5ccc(C(=O)O)c(Cl)c5)o4)c(=O)n32)cc1. The van der Waals surface area contributed by atoms with Crippen molar-refractivity contribution in [1.29, 1.82) is 0 Å². The number of carboxylic acid groups (broad SMARTS) is 1. The van der Waals surface area contributed by atoms with E-state index in [-0.39, 0.29) is 22.1 Å². The van der Waals surface area contributed by atoms with Crippen LogP contribution in [0.3, 0.4) is 0 Å². The number of furan rings is 1. The highest BCUT2D eigenvalue weighted by atomic mass is 35.5. The van der Waals surface area contributed by atoms with Crippen LogP contribution >= 0.6 is 22.9 Å². The van der Waals surface area contributed by atoms with Crippen molar-refractivity contribution in [3.8, 4) is 17.1 Å². The topological polar surface area (TPSA) is 123 Å². The summed E-state index contributed by atoms with van der Waals surface area (Å²) in [6, 6.07) is 23.6. The number of allylic oxidation sites excluding steroid dienone is 1. The highest BCUT2D eigenvalue weighted by Gasteiger charge is 2.32. The zero-order valence-electron chi connectivity index (χ0n) is 24.1. The number of halogens is 1. The van der Waals surface area contributed by atoms with E-state index in [9.17, 15) is 19.5 Å². The highest BCUT2D eigenvalue weighted by molar-refractivity contribution is 7.07. The number of rotatable bonds is 8. The molecule has 0 bridgehead atoms. The van der Waals surface area contributed by atoms with E-state index in [0.29, 0.717) is 55.7 Å². The van der Waals surface area contributed by atoms with Gasteiger partial charge < -0.3 is 19.6 Å². The summed E-state index contributed by atoms with van der Waals surface area (Å²) in [7, 11) is 0. The summed E-state index contributed by atoms with van der Waals surface area (Å²) >= 11 is 7.34. The number of amides is 1. The number of nitrogens with one attached hydrogen (secondary N) is 1. The number of ether oxygens (including phenoxy) is 1. The third-order valence-corrected chi connectivity index (χ3v) is 8.48. The van der Waals surface area contributed by atoms with Gasteiger partial charge in [-0.3, -0.25) is 14.2 Å². The van der Waals surface area contributed by atoms with Crippen molar-refractivity contribution in [2.45, 2.75) is 19.9 Å². The quantitative estimate of drug-likeness (QED) is 0.218. The van der Waals surface area contributed by atoms with Gasteiger partial charge in [-0.15, -0.1) is 0 Å². The average Bonchev–Trinajstić information content (AvgIpc) is 3.61. The van der Waals surface area contributed by atoms with Crippen LogP contribution in [0.4, 0.5) is 5.69 Å². The van der Waals surface area contributed by atoms with Crippen molar-refractivity contribution < 1.29 is 23.8 Å². The predicted octanol–water partition coefficient (Wildman–Crippen LogP) is 5.88. The van der Waals surface area contributed by atoms with Gasteiger partial charge in [0, 0.05) is 17.3 Å². The fourth-order valence-corrected chi connectivity index (χ4v) is 6.40. The summed E-state index contributed by atoms with van der Waals surface area (Å²) in [6.45, 7) is 4.17. The van der Waals surface area contributed by atoms with Gasteiger partial charge in [-0.2, -0.15) is 0 Å². The van der Waals surface area contributed by atoms with Gasteiger partial charge in [-0.1, -0.05) is 59.3 Å². The molecule has 0 saturated carbocycles. The van der Waals surface area contributed by atoms with Crippen LogP contribution in [0.5, 0.6) is 5.75 Å². The largest absolute Gasteiger partial charge is 0.494 e. The molecule has 0 saturated heterocycles. The van der Waals surface area contributed by atoms with Crippen LogP contribution in [0, 0.1) is 0 Å². The number of carboxylic acids is 1. The average molecular weight is 640 g/mol. The Hall–Kier alpha value is -5.19. The minimum atomic E-state index is -1.12. The Bertz CT molecular complexity index is 2150. The minimum Gasteiger partial charge on any atom is -0.494 e. The second-order valence-electron chi connectivity index (χ2n) is 10.1. The molecule has 45 heavy (non-hydrogen) atoms. The zero-order chi connectivity index (χ0) is 31.7. The van der Waals surface area contributed by atoms with Crippen molar-refractivity contribution in [3.05, 3.63) is 138 Å². The van der Waals surface area contributed by atoms with E-state index in [0.717, 1.165) is 5.56 Å². The van der Waals surface area contributed by atoms with E-state index in [1.54, 1.807) is 43.3 Å². The second-order valence-corrected chi connectivity index (χ2v) is 11.5. The van der Waals surface area contributed by atoms with Gasteiger partial charge >= 0.3 is 5.97 Å². The van der Waals surface area contributed by atoms with E-state index < -0.39 is 12.0 Å². The first kappa shape index (κ1) is 29.9. The van der Waals surface area contributed by atoms with Crippen LogP contribution in [-0.2, 0) is 4.79 Å². The minimum absolute atomic E-state index is 0.0116. The van der Waals surface area contributed by atoms with Crippen molar-refractivity contribution in [2.24, 2.45) is 4.99 Å². The van der Waals surface area contributed by atoms with E-state index >= 15 is 0 Å². The molecular formula is C34H26ClN3O6S. The number of carbonyl (C=O) groups is 2. The lowest BCUT2D eigenvalue weighted by Crippen LogP contribution is -2.40. The molecule has 1 aliphatic heterocycles. The highest BCUT2D eigenvalue weighted by Crippen LogP contribution is 2.32. The molecule has 0 spiro atoms. The number of aromatic carboxylic acids is 1. The molecular weight excluding hydrogens is 614 g/mol. The molecule has 1 atom stereocenters. The number of para-hydroxylation sites is 1. The zero-order valence-corrected chi connectivity index (χ0v) is 25.7. The molecule has 0 unspecified atom stereocenters. The summed E-state index contributed by atoms with van der Waals surface area (Å²) in [6.07, 6.45) is 1.62. The van der Waals surface area contributed by atoms with Crippen LogP contribution < -0.4 is 24.9 Å². The molecule has 3 aromatic carbocycles. The van der Waals surface area contributed by atoms with Gasteiger partial charge in [0.25, 0.3) is 11.5 Å². The monoisotopic (exact) mass is 639 g/mol. The first-order chi connectivity index (χ1) is 21.7. The molecule has 1 aliphatic rings. The van der Waals surface area contributed by atoms with Crippen molar-refractivity contribution >= 4 is 46.6 Å². The lowest BCUT2D eigenvalue weighted by Gasteiger charge is -2.25. The third kappa shape index (κ3) is 5.98. The molecule has 9 nitrogen and oxygen atoms in total. The summed E-state index contributed by atoms with van der Waals surface area (Å²) < 4.78 is 13.5. The number of fused-ring (bicyclic) bond motifs is 1. The normalized spacial score (nSPS) is 14.6. The van der Waals surface area contributed by atoms with Gasteiger partial charge in [0.15, 0.2) is 4.80 Å². The maximum absolute atomic E-state index is 14.0. The Morgan fingerprint density at radius 2 is 1.84 bits per heavy atom. The van der Waals surface area contributed by atoms with Gasteiger partial charge in [-0.05, 0) is 67.9 Å². The smallest absolute Gasteiger partial charge is 0.337 e. The van der Waals surface area contributed by atoms with E-state index in [1.807, 2.05) is 49.4 Å². The third-order valence-electron chi connectivity index (χ3n) is 7.19. The molecule has 11 heteroatoms. The lowest BCUT2D eigenvalue weighted by molar-refractivity contribution is -0.113. The maximum atomic E-state index is 14.0. The first-order valence-corrected chi connectivity index (χ1v) is 15.2. The van der Waals surface area contributed by atoms with E-state index in [2.05, 4.69) is 10.3 Å². The van der Waals surface area contributed by atoms with Gasteiger partial charge in [0.05, 0.1) is 39.0 Å². The predicted molar refractivity (Wildman–Crippen MR) is 173 cm³/mol. The Balaban J connectivity index is 1.42. The molecule has 2 aromatic heterocycles. The van der Waals surface area contributed by atoms with Crippen LogP contribution in [0.2, 0.25) is 5.02 Å². The molecule has 0 fully saturated rings. The molecule has 226 valence electrons. The number of hydrogen-bond acceptors (Lipinski definition) is 7. The van der Waals surface area contributed by atoms with E-state index in [4.69, 9.17) is 20.8 Å². The Morgan fingerprint density at radius 3 is 2.53 bits per heavy atom. The summed E-state index contributed by atoms with van der Waals surface area (Å²) in [5, 5.41) is 12.3.